The summed E-state index contributed by atoms with van der Waals surface area (Å²) >= 11 is 5.59. The predicted molar refractivity (Wildman–Crippen MR) is 68.1 cm³/mol. The number of hydrogen-bond donors (Lipinski definition) is 1. The van der Waals surface area contributed by atoms with Crippen molar-refractivity contribution in [2.45, 2.75) is 24.3 Å². The molecule has 0 bridgehead atoms. The van der Waals surface area contributed by atoms with Crippen LogP contribution in [0.5, 0.6) is 0 Å². The van der Waals surface area contributed by atoms with Crippen molar-refractivity contribution >= 4 is 27.3 Å². The largest absolute Gasteiger partial charge is 0.289 e. The Morgan fingerprint density at radius 3 is 2.53 bits per heavy atom. The highest BCUT2D eigenvalue weighted by atomic mass is 35.5. The molecule has 19 heavy (non-hydrogen) atoms. The summed E-state index contributed by atoms with van der Waals surface area (Å²) in [5.74, 6) is 0. The first-order valence-corrected chi connectivity index (χ1v) is 6.84. The van der Waals surface area contributed by atoms with Gasteiger partial charge in [-0.2, -0.15) is 9.98 Å². The summed E-state index contributed by atoms with van der Waals surface area (Å²) in [6.07, 6.45) is 0. The van der Waals surface area contributed by atoms with Crippen LogP contribution in [0.4, 0.5) is 5.69 Å². The number of nitro groups is 1. The number of nitrogens with zero attached hydrogens (tertiary/aromatic N) is 2. The van der Waals surface area contributed by atoms with Crippen LogP contribution in [0.3, 0.4) is 0 Å². The highest BCUT2D eigenvalue weighted by molar-refractivity contribution is 7.89. The van der Waals surface area contributed by atoms with Gasteiger partial charge in [0.25, 0.3) is 5.69 Å². The van der Waals surface area contributed by atoms with E-state index in [1.165, 1.54) is 13.8 Å². The Bertz CT molecular complexity index is 664. The van der Waals surface area contributed by atoms with E-state index in [2.05, 4.69) is 4.72 Å². The molecule has 9 heteroatoms. The van der Waals surface area contributed by atoms with Gasteiger partial charge in [-0.05, 0) is 26.0 Å². The number of nitro benzene ring substituents is 1. The molecule has 1 rings (SSSR count). The van der Waals surface area contributed by atoms with Crippen LogP contribution in [0.1, 0.15) is 13.8 Å². The Hall–Kier alpha value is -1.69. The van der Waals surface area contributed by atoms with Gasteiger partial charge >= 0.3 is 0 Å². The Morgan fingerprint density at radius 1 is 1.47 bits per heavy atom. The van der Waals surface area contributed by atoms with Crippen molar-refractivity contribution in [1.29, 1.82) is 5.26 Å². The van der Waals surface area contributed by atoms with E-state index in [1.54, 1.807) is 6.07 Å². The van der Waals surface area contributed by atoms with Crippen molar-refractivity contribution in [2.75, 3.05) is 0 Å². The molecule has 1 aromatic rings. The van der Waals surface area contributed by atoms with E-state index in [4.69, 9.17) is 16.9 Å². The lowest BCUT2D eigenvalue weighted by Crippen LogP contribution is -2.41. The quantitative estimate of drug-likeness (QED) is 0.673. The molecule has 0 aliphatic carbocycles. The molecule has 0 spiro atoms. The zero-order chi connectivity index (χ0) is 14.8. The second kappa shape index (κ2) is 5.13. The maximum atomic E-state index is 12.0. The molecule has 1 aromatic carbocycles. The lowest BCUT2D eigenvalue weighted by Gasteiger charge is -2.17. The van der Waals surface area contributed by atoms with E-state index in [0.717, 1.165) is 18.2 Å². The van der Waals surface area contributed by atoms with Crippen LogP contribution in [0, 0.1) is 21.4 Å². The number of rotatable bonds is 4. The second-order valence-corrected chi connectivity index (χ2v) is 6.30. The topological polar surface area (TPSA) is 113 Å². The van der Waals surface area contributed by atoms with E-state index in [9.17, 15) is 18.5 Å². The second-order valence-electron chi connectivity index (χ2n) is 4.21. The first-order valence-electron chi connectivity index (χ1n) is 4.98. The zero-order valence-electron chi connectivity index (χ0n) is 10.0. The molecule has 0 saturated heterocycles. The minimum Gasteiger partial charge on any atom is -0.258 e. The van der Waals surface area contributed by atoms with E-state index in [1.807, 2.05) is 0 Å². The SMILES string of the molecule is CC(C)(C#N)NS(=O)(=O)c1ccc(Cl)c([N+](=O)[O-])c1. The molecule has 0 aliphatic heterocycles. The number of hydrogen-bond acceptors (Lipinski definition) is 5. The van der Waals surface area contributed by atoms with Crippen LogP contribution in [0.15, 0.2) is 23.1 Å². The number of nitriles is 1. The molecule has 0 atom stereocenters. The average molecular weight is 304 g/mol. The normalized spacial score (nSPS) is 11.9. The number of benzene rings is 1. The molecule has 7 nitrogen and oxygen atoms in total. The monoisotopic (exact) mass is 303 g/mol. The summed E-state index contributed by atoms with van der Waals surface area (Å²) in [5.41, 5.74) is -1.84. The molecule has 0 heterocycles. The molecule has 0 aliphatic rings. The molecular weight excluding hydrogens is 294 g/mol. The van der Waals surface area contributed by atoms with Gasteiger partial charge in [0.05, 0.1) is 15.9 Å². The fraction of sp³-hybridized carbons (Fsp3) is 0.300. The van der Waals surface area contributed by atoms with Gasteiger partial charge in [0, 0.05) is 6.07 Å². The lowest BCUT2D eigenvalue weighted by molar-refractivity contribution is -0.384. The summed E-state index contributed by atoms with van der Waals surface area (Å²) in [7, 11) is -4.04. The average Bonchev–Trinajstić information content (AvgIpc) is 2.27. The standard InChI is InChI=1S/C10H10ClN3O4S/c1-10(2,6-12)13-19(17,18)7-3-4-8(11)9(5-7)14(15)16/h3-5,13H,1-2H3. The van der Waals surface area contributed by atoms with Gasteiger partial charge in [-0.25, -0.2) is 8.42 Å². The third-order valence-corrected chi connectivity index (χ3v) is 4.07. The fourth-order valence-corrected chi connectivity index (χ4v) is 2.75. The van der Waals surface area contributed by atoms with E-state index in [-0.39, 0.29) is 9.92 Å². The minimum absolute atomic E-state index is 0.163. The van der Waals surface area contributed by atoms with Crippen LogP contribution in [-0.4, -0.2) is 18.9 Å². The van der Waals surface area contributed by atoms with Crippen molar-refractivity contribution < 1.29 is 13.3 Å². The van der Waals surface area contributed by atoms with E-state index >= 15 is 0 Å². The number of halogens is 1. The Kier molecular flexibility index (Phi) is 4.15. The van der Waals surface area contributed by atoms with E-state index < -0.39 is 26.2 Å². The minimum atomic E-state index is -4.04. The molecular formula is C10H10ClN3O4S. The molecule has 0 saturated carbocycles. The van der Waals surface area contributed by atoms with Crippen LogP contribution < -0.4 is 4.72 Å². The summed E-state index contributed by atoms with van der Waals surface area (Å²) in [5, 5.41) is 19.3. The van der Waals surface area contributed by atoms with Gasteiger partial charge in [0.15, 0.2) is 0 Å². The van der Waals surface area contributed by atoms with Crippen molar-refractivity contribution in [3.63, 3.8) is 0 Å². The van der Waals surface area contributed by atoms with Crippen LogP contribution in [0.2, 0.25) is 5.02 Å². The molecule has 102 valence electrons. The Morgan fingerprint density at radius 2 is 2.05 bits per heavy atom. The summed E-state index contributed by atoms with van der Waals surface area (Å²) in [4.78, 5) is 9.59. The first kappa shape index (κ1) is 15.4. The van der Waals surface area contributed by atoms with Gasteiger partial charge < -0.3 is 0 Å². The van der Waals surface area contributed by atoms with Crippen LogP contribution >= 0.6 is 11.6 Å². The molecule has 0 radical (unpaired) electrons. The third-order valence-electron chi connectivity index (χ3n) is 2.09. The van der Waals surface area contributed by atoms with Crippen molar-refractivity contribution in [3.05, 3.63) is 33.3 Å². The zero-order valence-corrected chi connectivity index (χ0v) is 11.6. The molecule has 0 aromatic heterocycles. The highest BCUT2D eigenvalue weighted by Gasteiger charge is 2.27. The number of sulfonamides is 1. The van der Waals surface area contributed by atoms with Crippen molar-refractivity contribution in [3.8, 4) is 6.07 Å². The molecule has 0 fully saturated rings. The maximum Gasteiger partial charge on any atom is 0.289 e. The van der Waals surface area contributed by atoms with Crippen molar-refractivity contribution in [1.82, 2.24) is 4.72 Å². The molecule has 0 unspecified atom stereocenters. The number of nitrogens with one attached hydrogen (secondary N) is 1. The van der Waals surface area contributed by atoms with Gasteiger partial charge in [0.1, 0.15) is 10.6 Å². The van der Waals surface area contributed by atoms with Gasteiger partial charge in [0.2, 0.25) is 10.0 Å². The summed E-state index contributed by atoms with van der Waals surface area (Å²) in [6, 6.07) is 4.86. The predicted octanol–water partition coefficient (Wildman–Crippen LogP) is 1.83. The van der Waals surface area contributed by atoms with Crippen molar-refractivity contribution in [2.24, 2.45) is 0 Å². The van der Waals surface area contributed by atoms with Gasteiger partial charge in [-0.15, -0.1) is 0 Å². The van der Waals surface area contributed by atoms with Gasteiger partial charge in [-0.1, -0.05) is 11.6 Å². The summed E-state index contributed by atoms with van der Waals surface area (Å²) in [6.45, 7) is 2.74. The molecule has 0 amide bonds. The summed E-state index contributed by atoms with van der Waals surface area (Å²) < 4.78 is 26.1. The third kappa shape index (κ3) is 3.64. The maximum absolute atomic E-state index is 12.0. The highest BCUT2D eigenvalue weighted by Crippen LogP contribution is 2.27. The van der Waals surface area contributed by atoms with Crippen LogP contribution in [-0.2, 0) is 10.0 Å². The van der Waals surface area contributed by atoms with Gasteiger partial charge in [-0.3, -0.25) is 10.1 Å². The fourth-order valence-electron chi connectivity index (χ4n) is 1.22. The molecule has 1 N–H and O–H groups in total. The van der Waals surface area contributed by atoms with E-state index in [0.29, 0.717) is 0 Å². The first-order chi connectivity index (χ1) is 8.59. The van der Waals surface area contributed by atoms with Crippen LogP contribution in [0.25, 0.3) is 0 Å². The Balaban J connectivity index is 3.28. The smallest absolute Gasteiger partial charge is 0.258 e. The Labute approximate surface area is 115 Å². The lowest BCUT2D eigenvalue weighted by atomic mass is 10.1.